The van der Waals surface area contributed by atoms with Gasteiger partial charge in [0, 0.05) is 23.8 Å². The van der Waals surface area contributed by atoms with Crippen molar-refractivity contribution in [3.05, 3.63) is 28.5 Å². The lowest BCUT2D eigenvalue weighted by Gasteiger charge is -2.09. The van der Waals surface area contributed by atoms with Crippen LogP contribution in [0.4, 0.5) is 0 Å². The smallest absolute Gasteiger partial charge is 0.253 e. The molecule has 0 spiro atoms. The van der Waals surface area contributed by atoms with Crippen LogP contribution in [0.1, 0.15) is 22.3 Å². The van der Waals surface area contributed by atoms with Crippen molar-refractivity contribution in [2.24, 2.45) is 0 Å². The van der Waals surface area contributed by atoms with Crippen LogP contribution in [0.3, 0.4) is 0 Å². The molecule has 8 nitrogen and oxygen atoms in total. The molecule has 0 fully saturated rings. The van der Waals surface area contributed by atoms with Gasteiger partial charge in [-0.25, -0.2) is 9.50 Å². The number of hydrogen-bond donors (Lipinski definition) is 1. The summed E-state index contributed by atoms with van der Waals surface area (Å²) in [6.45, 7) is 3.84. The number of fused-ring (bicyclic) bond motifs is 1. The molecule has 3 aromatic rings. The van der Waals surface area contributed by atoms with Gasteiger partial charge in [0.05, 0.1) is 5.69 Å². The Morgan fingerprint density at radius 2 is 2.23 bits per heavy atom. The average Bonchev–Trinajstić information content (AvgIpc) is 3.12. The van der Waals surface area contributed by atoms with Crippen molar-refractivity contribution in [1.29, 1.82) is 0 Å². The minimum atomic E-state index is -0.539. The monoisotopic (exact) mass is 335 g/mol. The maximum absolute atomic E-state index is 12.1. The van der Waals surface area contributed by atoms with Crippen LogP contribution in [0, 0.1) is 13.8 Å². The van der Waals surface area contributed by atoms with Crippen molar-refractivity contribution in [2.75, 3.05) is 7.05 Å². The van der Waals surface area contributed by atoms with E-state index in [-0.39, 0.29) is 5.91 Å². The van der Waals surface area contributed by atoms with E-state index in [0.29, 0.717) is 16.6 Å². The summed E-state index contributed by atoms with van der Waals surface area (Å²) in [5, 5.41) is 12.7. The molecule has 3 aromatic heterocycles. The topological polar surface area (TPSA) is 98.0 Å². The first-order chi connectivity index (χ1) is 10.6. The zero-order chi connectivity index (χ0) is 15.7. The number of hydrogen-bond acceptors (Lipinski definition) is 8. The van der Waals surface area contributed by atoms with Crippen molar-refractivity contribution >= 4 is 35.0 Å². The quantitative estimate of drug-likeness (QED) is 0.715. The highest BCUT2D eigenvalue weighted by Gasteiger charge is 2.26. The lowest BCUT2D eigenvalue weighted by Crippen LogP contribution is -2.24. The normalized spacial score (nSPS) is 12.5. The van der Waals surface area contributed by atoms with E-state index >= 15 is 0 Å². The first kappa shape index (κ1) is 14.9. The van der Waals surface area contributed by atoms with E-state index in [1.54, 1.807) is 16.9 Å². The van der Waals surface area contributed by atoms with E-state index in [4.69, 9.17) is 0 Å². The number of aromatic nitrogens is 6. The van der Waals surface area contributed by atoms with E-state index in [1.165, 1.54) is 23.3 Å². The minimum absolute atomic E-state index is 0.169. The molecular formula is C12H13N7OS2. The van der Waals surface area contributed by atoms with Crippen LogP contribution in [0.5, 0.6) is 0 Å². The van der Waals surface area contributed by atoms with Crippen molar-refractivity contribution in [1.82, 2.24) is 34.5 Å². The van der Waals surface area contributed by atoms with Gasteiger partial charge in [0.15, 0.2) is 0 Å². The molecular weight excluding hydrogens is 322 g/mol. The van der Waals surface area contributed by atoms with Gasteiger partial charge in [-0.15, -0.1) is 10.2 Å². The van der Waals surface area contributed by atoms with Crippen LogP contribution in [-0.4, -0.2) is 42.1 Å². The van der Waals surface area contributed by atoms with Crippen LogP contribution >= 0.6 is 23.3 Å². The third-order valence-corrected chi connectivity index (χ3v) is 4.55. The zero-order valence-corrected chi connectivity index (χ0v) is 13.8. The van der Waals surface area contributed by atoms with Gasteiger partial charge in [0.1, 0.15) is 5.25 Å². The number of amides is 1. The summed E-state index contributed by atoms with van der Waals surface area (Å²) in [5.41, 5.74) is 2.41. The van der Waals surface area contributed by atoms with E-state index in [2.05, 4.69) is 30.0 Å². The molecule has 1 unspecified atom stereocenters. The van der Waals surface area contributed by atoms with Gasteiger partial charge in [0.25, 0.3) is 5.78 Å². The Balaban J connectivity index is 1.96. The number of nitrogens with zero attached hydrogens (tertiary/aromatic N) is 6. The molecule has 0 saturated carbocycles. The Labute approximate surface area is 134 Å². The summed E-state index contributed by atoms with van der Waals surface area (Å²) in [5.74, 6) is 0.351. The summed E-state index contributed by atoms with van der Waals surface area (Å²) in [7, 11) is 1.59. The van der Waals surface area contributed by atoms with Gasteiger partial charge >= 0.3 is 0 Å². The summed E-state index contributed by atoms with van der Waals surface area (Å²) >= 11 is 2.43. The summed E-state index contributed by atoms with van der Waals surface area (Å²) in [6, 6.07) is 1.93. The fourth-order valence-electron chi connectivity index (χ4n) is 1.97. The first-order valence-electron chi connectivity index (χ1n) is 6.44. The van der Waals surface area contributed by atoms with Gasteiger partial charge in [-0.05, 0) is 31.4 Å². The number of carbonyl (C=O) groups excluding carboxylic acids is 1. The lowest BCUT2D eigenvalue weighted by molar-refractivity contribution is -0.120. The second-order valence-electron chi connectivity index (χ2n) is 4.59. The van der Waals surface area contributed by atoms with Crippen molar-refractivity contribution < 1.29 is 4.79 Å². The Kier molecular flexibility index (Phi) is 4.03. The first-order valence-corrected chi connectivity index (χ1v) is 8.16. The number of rotatable bonds is 4. The summed E-state index contributed by atoms with van der Waals surface area (Å²) in [4.78, 5) is 20.8. The Morgan fingerprint density at radius 3 is 2.91 bits per heavy atom. The highest BCUT2D eigenvalue weighted by Crippen LogP contribution is 2.33. The SMILES string of the molecule is CNC(=O)C(Sc1nc2nc(C)cc(C)n2n1)c1csnn1. The largest absolute Gasteiger partial charge is 0.358 e. The van der Waals surface area contributed by atoms with Crippen molar-refractivity contribution in [3.63, 3.8) is 0 Å². The summed E-state index contributed by atoms with van der Waals surface area (Å²) < 4.78 is 5.47. The molecule has 0 aromatic carbocycles. The van der Waals surface area contributed by atoms with Gasteiger partial charge < -0.3 is 5.32 Å². The van der Waals surface area contributed by atoms with Crippen molar-refractivity contribution in [2.45, 2.75) is 24.3 Å². The zero-order valence-electron chi connectivity index (χ0n) is 12.1. The third kappa shape index (κ3) is 2.79. The van der Waals surface area contributed by atoms with Crippen LogP contribution in [-0.2, 0) is 4.79 Å². The predicted molar refractivity (Wildman–Crippen MR) is 82.8 cm³/mol. The molecule has 0 saturated heterocycles. The molecule has 22 heavy (non-hydrogen) atoms. The van der Waals surface area contributed by atoms with Crippen LogP contribution < -0.4 is 5.32 Å². The van der Waals surface area contributed by atoms with Crippen molar-refractivity contribution in [3.8, 4) is 0 Å². The lowest BCUT2D eigenvalue weighted by atomic mass is 10.3. The van der Waals surface area contributed by atoms with E-state index in [1.807, 2.05) is 19.9 Å². The van der Waals surface area contributed by atoms with E-state index < -0.39 is 5.25 Å². The highest BCUT2D eigenvalue weighted by atomic mass is 32.2. The highest BCUT2D eigenvalue weighted by molar-refractivity contribution is 8.00. The minimum Gasteiger partial charge on any atom is -0.358 e. The Hall–Kier alpha value is -2.07. The van der Waals surface area contributed by atoms with Crippen LogP contribution in [0.15, 0.2) is 16.6 Å². The molecule has 1 atom stereocenters. The van der Waals surface area contributed by atoms with Gasteiger partial charge in [-0.2, -0.15) is 4.98 Å². The molecule has 0 aliphatic carbocycles. The Morgan fingerprint density at radius 1 is 1.41 bits per heavy atom. The standard InChI is InChI=1S/C12H13N7OS2/c1-6-4-7(2)19-11(14-6)15-12(17-19)22-9(10(20)13-3)8-5-21-18-16-8/h4-5,9H,1-3H3,(H,13,20). The number of likely N-dealkylation sites (N-methyl/N-ethyl adjacent to an activating group) is 1. The fraction of sp³-hybridized carbons (Fsp3) is 0.333. The van der Waals surface area contributed by atoms with E-state index in [0.717, 1.165) is 11.4 Å². The number of aryl methyl sites for hydroxylation is 2. The molecule has 1 N–H and O–H groups in total. The number of carbonyl (C=O) groups is 1. The summed E-state index contributed by atoms with van der Waals surface area (Å²) in [6.07, 6.45) is 0. The average molecular weight is 335 g/mol. The van der Waals surface area contributed by atoms with Crippen LogP contribution in [0.25, 0.3) is 5.78 Å². The van der Waals surface area contributed by atoms with Gasteiger partial charge in [0.2, 0.25) is 11.1 Å². The van der Waals surface area contributed by atoms with E-state index in [9.17, 15) is 4.79 Å². The Bertz CT molecular complexity index is 814. The predicted octanol–water partition coefficient (Wildman–Crippen LogP) is 1.17. The van der Waals surface area contributed by atoms with Gasteiger partial charge in [-0.1, -0.05) is 16.3 Å². The molecule has 0 radical (unpaired) electrons. The molecule has 3 rings (SSSR count). The number of thioether (sulfide) groups is 1. The maximum Gasteiger partial charge on any atom is 0.253 e. The fourth-order valence-corrected chi connectivity index (χ4v) is 3.47. The molecule has 1 amide bonds. The molecule has 0 bridgehead atoms. The maximum atomic E-state index is 12.1. The molecule has 0 aliphatic heterocycles. The van der Waals surface area contributed by atoms with Gasteiger partial charge in [-0.3, -0.25) is 4.79 Å². The number of nitrogens with one attached hydrogen (secondary N) is 1. The molecule has 10 heteroatoms. The van der Waals surface area contributed by atoms with Crippen LogP contribution in [0.2, 0.25) is 0 Å². The molecule has 0 aliphatic rings. The third-order valence-electron chi connectivity index (χ3n) is 2.95. The molecule has 114 valence electrons. The molecule has 3 heterocycles. The second-order valence-corrected chi connectivity index (χ2v) is 6.27. The second kappa shape index (κ2) is 5.97.